The molecule has 2 aromatic rings. The SMILES string of the molecule is N/C(=N\N=Cc1ccco1)N1CCN(c2ccccc2F)CC1. The molecule has 0 bridgehead atoms. The number of halogens is 1. The number of nitrogens with zero attached hydrogens (tertiary/aromatic N) is 4. The number of piperazine rings is 1. The van der Waals surface area contributed by atoms with Crippen molar-refractivity contribution in [1.29, 1.82) is 0 Å². The molecule has 0 radical (unpaired) electrons. The quantitative estimate of drug-likeness (QED) is 0.533. The number of guanidine groups is 1. The van der Waals surface area contributed by atoms with Crippen molar-refractivity contribution < 1.29 is 8.81 Å². The molecule has 1 aromatic heterocycles. The monoisotopic (exact) mass is 315 g/mol. The third-order valence-electron chi connectivity index (χ3n) is 3.69. The van der Waals surface area contributed by atoms with Crippen LogP contribution in [0.4, 0.5) is 10.1 Å². The molecule has 1 aliphatic rings. The molecule has 2 N–H and O–H groups in total. The van der Waals surface area contributed by atoms with Crippen LogP contribution in [-0.4, -0.2) is 43.3 Å². The number of rotatable bonds is 3. The fourth-order valence-corrected chi connectivity index (χ4v) is 2.46. The van der Waals surface area contributed by atoms with Crippen molar-refractivity contribution in [1.82, 2.24) is 4.90 Å². The number of anilines is 1. The predicted octanol–water partition coefficient (Wildman–Crippen LogP) is 1.89. The second-order valence-corrected chi connectivity index (χ2v) is 5.14. The first kappa shape index (κ1) is 15.1. The smallest absolute Gasteiger partial charge is 0.216 e. The average Bonchev–Trinajstić information content (AvgIpc) is 3.09. The number of para-hydroxylation sites is 1. The molecule has 0 atom stereocenters. The molecule has 7 heteroatoms. The normalized spacial score (nSPS) is 16.3. The third-order valence-corrected chi connectivity index (χ3v) is 3.69. The molecule has 3 rings (SSSR count). The summed E-state index contributed by atoms with van der Waals surface area (Å²) in [6.07, 6.45) is 3.07. The summed E-state index contributed by atoms with van der Waals surface area (Å²) in [5, 5.41) is 7.88. The highest BCUT2D eigenvalue weighted by Gasteiger charge is 2.20. The lowest BCUT2D eigenvalue weighted by molar-refractivity contribution is 0.379. The Morgan fingerprint density at radius 3 is 2.61 bits per heavy atom. The van der Waals surface area contributed by atoms with Gasteiger partial charge in [-0.15, -0.1) is 5.10 Å². The molecule has 0 amide bonds. The number of hydrogen-bond acceptors (Lipinski definition) is 4. The van der Waals surface area contributed by atoms with Crippen LogP contribution in [0.25, 0.3) is 0 Å². The molecule has 6 nitrogen and oxygen atoms in total. The molecular formula is C16H18FN5O. The Kier molecular flexibility index (Phi) is 4.56. The number of benzene rings is 1. The number of hydrogen-bond donors (Lipinski definition) is 1. The van der Waals surface area contributed by atoms with E-state index in [9.17, 15) is 4.39 Å². The van der Waals surface area contributed by atoms with Gasteiger partial charge in [-0.05, 0) is 24.3 Å². The Morgan fingerprint density at radius 2 is 1.91 bits per heavy atom. The largest absolute Gasteiger partial charge is 0.463 e. The van der Waals surface area contributed by atoms with Gasteiger partial charge in [-0.25, -0.2) is 4.39 Å². The summed E-state index contributed by atoms with van der Waals surface area (Å²) in [5.74, 6) is 0.762. The predicted molar refractivity (Wildman–Crippen MR) is 88.1 cm³/mol. The van der Waals surface area contributed by atoms with Crippen LogP contribution in [0.2, 0.25) is 0 Å². The summed E-state index contributed by atoms with van der Waals surface area (Å²) in [6.45, 7) is 2.69. The first-order valence-electron chi connectivity index (χ1n) is 7.38. The topological polar surface area (TPSA) is 70.4 Å². The third kappa shape index (κ3) is 3.68. The van der Waals surface area contributed by atoms with Gasteiger partial charge in [0.1, 0.15) is 11.6 Å². The average molecular weight is 315 g/mol. The summed E-state index contributed by atoms with van der Waals surface area (Å²) in [4.78, 5) is 3.93. The fraction of sp³-hybridized carbons (Fsp3) is 0.250. The summed E-state index contributed by atoms with van der Waals surface area (Å²) in [6, 6.07) is 10.3. The summed E-state index contributed by atoms with van der Waals surface area (Å²) in [7, 11) is 0. The standard InChI is InChI=1S/C16H18FN5O/c17-14-5-1-2-6-15(14)21-7-9-22(10-8-21)16(18)20-19-12-13-4-3-11-23-13/h1-6,11-12H,7-10H2,(H2,18,20). The van der Waals surface area contributed by atoms with Crippen molar-refractivity contribution >= 4 is 17.9 Å². The molecule has 1 aromatic carbocycles. The summed E-state index contributed by atoms with van der Waals surface area (Å²) >= 11 is 0. The molecular weight excluding hydrogens is 297 g/mol. The molecule has 0 spiro atoms. The number of nitrogens with two attached hydrogens (primary N) is 1. The van der Waals surface area contributed by atoms with Crippen molar-refractivity contribution in [2.45, 2.75) is 0 Å². The van der Waals surface area contributed by atoms with E-state index in [0.717, 1.165) is 0 Å². The molecule has 0 unspecified atom stereocenters. The summed E-state index contributed by atoms with van der Waals surface area (Å²) < 4.78 is 18.9. The van der Waals surface area contributed by atoms with E-state index < -0.39 is 0 Å². The van der Waals surface area contributed by atoms with Gasteiger partial charge in [0.05, 0.1) is 18.2 Å². The Balaban J connectivity index is 1.57. The van der Waals surface area contributed by atoms with E-state index in [1.54, 1.807) is 30.5 Å². The van der Waals surface area contributed by atoms with Crippen molar-refractivity contribution in [2.75, 3.05) is 31.1 Å². The van der Waals surface area contributed by atoms with Crippen molar-refractivity contribution in [3.8, 4) is 0 Å². The van der Waals surface area contributed by atoms with Crippen molar-refractivity contribution in [2.24, 2.45) is 15.9 Å². The van der Waals surface area contributed by atoms with Gasteiger partial charge in [0.2, 0.25) is 5.96 Å². The van der Waals surface area contributed by atoms with E-state index in [0.29, 0.717) is 43.6 Å². The van der Waals surface area contributed by atoms with Gasteiger partial charge in [0.15, 0.2) is 0 Å². The lowest BCUT2D eigenvalue weighted by Crippen LogP contribution is -2.51. The molecule has 23 heavy (non-hydrogen) atoms. The maximum atomic E-state index is 13.8. The van der Waals surface area contributed by atoms with Crippen LogP contribution in [0.1, 0.15) is 5.76 Å². The van der Waals surface area contributed by atoms with Crippen LogP contribution in [0, 0.1) is 5.82 Å². The van der Waals surface area contributed by atoms with Gasteiger partial charge in [0, 0.05) is 26.2 Å². The molecule has 1 saturated heterocycles. The molecule has 1 aliphatic heterocycles. The highest BCUT2D eigenvalue weighted by molar-refractivity contribution is 5.80. The molecule has 0 aliphatic carbocycles. The van der Waals surface area contributed by atoms with Gasteiger partial charge in [-0.3, -0.25) is 0 Å². The Labute approximate surface area is 133 Å². The fourth-order valence-electron chi connectivity index (χ4n) is 2.46. The van der Waals surface area contributed by atoms with E-state index in [1.807, 2.05) is 15.9 Å². The first-order valence-corrected chi connectivity index (χ1v) is 7.38. The highest BCUT2D eigenvalue weighted by Crippen LogP contribution is 2.19. The minimum atomic E-state index is -0.203. The van der Waals surface area contributed by atoms with Gasteiger partial charge in [-0.2, -0.15) is 5.10 Å². The maximum Gasteiger partial charge on any atom is 0.216 e. The molecule has 1 fully saturated rings. The van der Waals surface area contributed by atoms with Crippen LogP contribution >= 0.6 is 0 Å². The minimum Gasteiger partial charge on any atom is -0.463 e. The highest BCUT2D eigenvalue weighted by atomic mass is 19.1. The second-order valence-electron chi connectivity index (χ2n) is 5.14. The number of furan rings is 1. The van der Waals surface area contributed by atoms with Gasteiger partial charge in [0.25, 0.3) is 0 Å². The lowest BCUT2D eigenvalue weighted by Gasteiger charge is -2.36. The van der Waals surface area contributed by atoms with Crippen LogP contribution in [0.3, 0.4) is 0 Å². The van der Waals surface area contributed by atoms with Crippen LogP contribution in [-0.2, 0) is 0 Å². The first-order chi connectivity index (χ1) is 11.2. The molecule has 120 valence electrons. The zero-order valence-corrected chi connectivity index (χ0v) is 12.6. The summed E-state index contributed by atoms with van der Waals surface area (Å²) in [5.41, 5.74) is 6.56. The second kappa shape index (κ2) is 6.95. The van der Waals surface area contributed by atoms with Crippen LogP contribution in [0.5, 0.6) is 0 Å². The van der Waals surface area contributed by atoms with E-state index in [4.69, 9.17) is 10.2 Å². The zero-order chi connectivity index (χ0) is 16.1. The molecule has 2 heterocycles. The zero-order valence-electron chi connectivity index (χ0n) is 12.6. The van der Waals surface area contributed by atoms with Crippen molar-refractivity contribution in [3.05, 3.63) is 54.2 Å². The Morgan fingerprint density at radius 1 is 1.13 bits per heavy atom. The Hall–Kier alpha value is -2.83. The van der Waals surface area contributed by atoms with E-state index in [-0.39, 0.29) is 5.82 Å². The van der Waals surface area contributed by atoms with Gasteiger partial charge in [-0.1, -0.05) is 12.1 Å². The van der Waals surface area contributed by atoms with Gasteiger partial charge >= 0.3 is 0 Å². The van der Waals surface area contributed by atoms with E-state index >= 15 is 0 Å². The van der Waals surface area contributed by atoms with Crippen molar-refractivity contribution in [3.63, 3.8) is 0 Å². The van der Waals surface area contributed by atoms with E-state index in [1.165, 1.54) is 12.3 Å². The minimum absolute atomic E-state index is 0.203. The Bertz CT molecular complexity index is 690. The van der Waals surface area contributed by atoms with Crippen LogP contribution < -0.4 is 10.6 Å². The van der Waals surface area contributed by atoms with Gasteiger partial charge < -0.3 is 20.0 Å². The molecule has 0 saturated carbocycles. The maximum absolute atomic E-state index is 13.8. The van der Waals surface area contributed by atoms with E-state index in [2.05, 4.69) is 10.2 Å². The lowest BCUT2D eigenvalue weighted by atomic mass is 10.2. The van der Waals surface area contributed by atoms with Crippen LogP contribution in [0.15, 0.2) is 57.3 Å².